The third-order valence-corrected chi connectivity index (χ3v) is 14.0. The highest BCUT2D eigenvalue weighted by Gasteiger charge is 2.34. The molecule has 66 heavy (non-hydrogen) atoms. The van der Waals surface area contributed by atoms with E-state index < -0.39 is 37.4 Å². The first-order valence-electron chi connectivity index (χ1n) is 20.4. The van der Waals surface area contributed by atoms with E-state index in [4.69, 9.17) is 24.7 Å². The van der Waals surface area contributed by atoms with Gasteiger partial charge < -0.3 is 30.0 Å². The summed E-state index contributed by atoms with van der Waals surface area (Å²) in [5, 5.41) is 16.1. The first-order valence-corrected chi connectivity index (χ1v) is 24.3. The van der Waals surface area contributed by atoms with Crippen LogP contribution in [-0.4, -0.2) is 91.7 Å². The van der Waals surface area contributed by atoms with Gasteiger partial charge in [-0.1, -0.05) is 53.8 Å². The summed E-state index contributed by atoms with van der Waals surface area (Å²) in [6, 6.07) is 29.5. The Hall–Kier alpha value is -6.81. The molecule has 7 rings (SSSR count). The van der Waals surface area contributed by atoms with Gasteiger partial charge in [-0.15, -0.1) is 10.2 Å². The van der Waals surface area contributed by atoms with Crippen LogP contribution in [0.1, 0.15) is 37.5 Å². The van der Waals surface area contributed by atoms with E-state index in [0.717, 1.165) is 4.70 Å². The summed E-state index contributed by atoms with van der Waals surface area (Å²) < 4.78 is 83.3. The van der Waals surface area contributed by atoms with Gasteiger partial charge in [-0.2, -0.15) is 9.10 Å². The lowest BCUT2D eigenvalue weighted by atomic mass is 10.0. The van der Waals surface area contributed by atoms with Crippen LogP contribution in [0.25, 0.3) is 32.7 Å². The number of carbonyl (C=O) groups excluding carboxylic acids is 1. The Balaban J connectivity index is 1.24. The van der Waals surface area contributed by atoms with E-state index >= 15 is 8.42 Å². The van der Waals surface area contributed by atoms with Gasteiger partial charge in [0.15, 0.2) is 5.13 Å². The second-order valence-electron chi connectivity index (χ2n) is 16.0. The van der Waals surface area contributed by atoms with Gasteiger partial charge in [0.25, 0.3) is 0 Å². The largest absolute Gasteiger partial charge is 0.497 e. The van der Waals surface area contributed by atoms with Crippen molar-refractivity contribution in [3.05, 3.63) is 120 Å². The van der Waals surface area contributed by atoms with Crippen LogP contribution >= 0.6 is 11.3 Å². The predicted molar refractivity (Wildman–Crippen MR) is 252 cm³/mol. The Kier molecular flexibility index (Phi) is 14.1. The average Bonchev–Trinajstić information content (AvgIpc) is 3.91. The molecule has 0 aliphatic rings. The third-order valence-electron chi connectivity index (χ3n) is 10.0. The quantitative estimate of drug-likeness (QED) is 0.0792. The summed E-state index contributed by atoms with van der Waals surface area (Å²) in [4.78, 5) is 17.8. The molecule has 0 aliphatic carbocycles. The molecule has 0 fully saturated rings. The number of nitrogens with two attached hydrogens (primary N) is 1. The van der Waals surface area contributed by atoms with Gasteiger partial charge in [0.1, 0.15) is 29.6 Å². The van der Waals surface area contributed by atoms with E-state index in [-0.39, 0.29) is 54.0 Å². The molecule has 2 heterocycles. The fraction of sp³-hybridized carbons (Fsp3) is 0.267. The number of nitrogens with one attached hydrogen (secondary N) is 2. The molecular weight excluding hydrogens is 907 g/mol. The zero-order chi connectivity index (χ0) is 47.2. The summed E-state index contributed by atoms with van der Waals surface area (Å²) in [5.74, 6) is 1.27. The lowest BCUT2D eigenvalue weighted by molar-refractivity contribution is 0.144. The summed E-state index contributed by atoms with van der Waals surface area (Å²) >= 11 is 1.28. The fourth-order valence-electron chi connectivity index (χ4n) is 6.93. The van der Waals surface area contributed by atoms with Crippen LogP contribution in [0.4, 0.5) is 15.6 Å². The second-order valence-corrected chi connectivity index (χ2v) is 20.7. The standard InChI is InChI=1S/C45H49N9O9S3/c1-45(2,3)48-44(55)63-24-25-65(56,57)51-33-17-14-31(15-18-33)42-49-52-54(50-42)28-32-16-23-37(62-6)39(36-8-7-9-38-40(36)47-43(46)64-38)41(32)66(58,59)53(26-29-10-19-34(60-4)20-11-29)27-30-12-21-35(61-5)22-13-30/h7-23,51H,24-28H2,1-6H3,(H2,46,47)(H,48,55). The van der Waals surface area contributed by atoms with Crippen molar-refractivity contribution in [2.24, 2.45) is 0 Å². The number of para-hydroxylation sites is 1. The lowest BCUT2D eigenvalue weighted by Gasteiger charge is -2.27. The minimum atomic E-state index is -4.47. The first-order chi connectivity index (χ1) is 31.4. The van der Waals surface area contributed by atoms with Crippen molar-refractivity contribution in [2.75, 3.05) is 44.1 Å². The minimum absolute atomic E-state index is 0.0114. The maximum Gasteiger partial charge on any atom is 0.407 e. The zero-order valence-corrected chi connectivity index (χ0v) is 39.5. The number of aromatic nitrogens is 5. The molecule has 7 aromatic rings. The Morgan fingerprint density at radius 2 is 1.45 bits per heavy atom. The number of anilines is 2. The highest BCUT2D eigenvalue weighted by atomic mass is 32.2. The number of hydrogen-bond acceptors (Lipinski definition) is 15. The molecule has 0 atom stereocenters. The van der Waals surface area contributed by atoms with Crippen LogP contribution in [0.3, 0.4) is 0 Å². The van der Waals surface area contributed by atoms with Crippen molar-refractivity contribution >= 4 is 58.5 Å². The number of nitrogens with zero attached hydrogens (tertiary/aromatic N) is 6. The Bertz CT molecular complexity index is 3000. The topological polar surface area (TPSA) is 232 Å². The van der Waals surface area contributed by atoms with E-state index in [1.807, 2.05) is 36.4 Å². The van der Waals surface area contributed by atoms with Gasteiger partial charge in [-0.3, -0.25) is 4.72 Å². The van der Waals surface area contributed by atoms with Crippen LogP contribution in [0.2, 0.25) is 0 Å². The number of rotatable bonds is 18. The van der Waals surface area contributed by atoms with Crippen LogP contribution in [0, 0.1) is 0 Å². The number of thiazole rings is 1. The molecule has 21 heteroatoms. The van der Waals surface area contributed by atoms with E-state index in [2.05, 4.69) is 30.4 Å². The summed E-state index contributed by atoms with van der Waals surface area (Å²) in [6.07, 6.45) is -0.719. The molecule has 18 nitrogen and oxygen atoms in total. The number of ether oxygens (including phenoxy) is 4. The lowest BCUT2D eigenvalue weighted by Crippen LogP contribution is -2.41. The van der Waals surface area contributed by atoms with Crippen LogP contribution < -0.4 is 30.0 Å². The van der Waals surface area contributed by atoms with E-state index in [0.29, 0.717) is 50.0 Å². The number of sulfonamides is 2. The third kappa shape index (κ3) is 11.3. The second kappa shape index (κ2) is 19.7. The molecule has 5 aromatic carbocycles. The number of tetrazole rings is 1. The smallest absolute Gasteiger partial charge is 0.407 e. The summed E-state index contributed by atoms with van der Waals surface area (Å²) in [7, 11) is -3.74. The van der Waals surface area contributed by atoms with Gasteiger partial charge >= 0.3 is 6.09 Å². The van der Waals surface area contributed by atoms with E-state index in [1.54, 1.807) is 89.6 Å². The van der Waals surface area contributed by atoms with Crippen molar-refractivity contribution in [1.82, 2.24) is 34.8 Å². The number of alkyl carbamates (subject to hydrolysis) is 1. The zero-order valence-electron chi connectivity index (χ0n) is 37.0. The molecule has 346 valence electrons. The van der Waals surface area contributed by atoms with Gasteiger partial charge in [-0.25, -0.2) is 26.6 Å². The molecule has 0 saturated carbocycles. The van der Waals surface area contributed by atoms with Gasteiger partial charge in [0, 0.05) is 41.0 Å². The number of fused-ring (bicyclic) bond motifs is 1. The Labute approximate surface area is 386 Å². The average molecular weight is 956 g/mol. The van der Waals surface area contributed by atoms with Gasteiger partial charge in [0.2, 0.25) is 25.9 Å². The molecule has 0 spiro atoms. The Morgan fingerprint density at radius 3 is 2.05 bits per heavy atom. The van der Waals surface area contributed by atoms with Crippen LogP contribution in [0.5, 0.6) is 17.2 Å². The highest BCUT2D eigenvalue weighted by molar-refractivity contribution is 7.92. The molecule has 0 unspecified atom stereocenters. The molecular formula is C45H49N9O9S3. The highest BCUT2D eigenvalue weighted by Crippen LogP contribution is 2.44. The SMILES string of the molecule is COc1ccc(CN(Cc2ccc(OC)cc2)S(=O)(=O)c2c(Cn3nnc(-c4ccc(NS(=O)(=O)CCOC(=O)NC(C)(C)C)cc4)n3)ccc(OC)c2-c2cccc3sc(N)nc23)cc1. The Morgan fingerprint density at radius 1 is 0.818 bits per heavy atom. The predicted octanol–water partition coefficient (Wildman–Crippen LogP) is 6.93. The van der Waals surface area contributed by atoms with Gasteiger partial charge in [0.05, 0.1) is 43.0 Å². The molecule has 4 N–H and O–H groups in total. The van der Waals surface area contributed by atoms with Gasteiger partial charge in [-0.05, 0) is 103 Å². The van der Waals surface area contributed by atoms with Crippen LogP contribution in [-0.2, 0) is 44.4 Å². The molecule has 2 aromatic heterocycles. The van der Waals surface area contributed by atoms with Crippen molar-refractivity contribution in [3.63, 3.8) is 0 Å². The van der Waals surface area contributed by atoms with Crippen molar-refractivity contribution in [3.8, 4) is 39.8 Å². The number of methoxy groups -OCH3 is 3. The summed E-state index contributed by atoms with van der Waals surface area (Å²) in [6.45, 7) is 4.83. The number of hydrogen-bond donors (Lipinski definition) is 3. The number of nitrogen functional groups attached to an aromatic ring is 1. The molecule has 0 saturated heterocycles. The molecule has 1 amide bonds. The monoisotopic (exact) mass is 955 g/mol. The van der Waals surface area contributed by atoms with Crippen LogP contribution in [0.15, 0.2) is 108 Å². The molecule has 0 aliphatic heterocycles. The first kappa shape index (κ1) is 47.2. The number of benzene rings is 5. The van der Waals surface area contributed by atoms with Crippen molar-refractivity contribution < 1.29 is 40.6 Å². The van der Waals surface area contributed by atoms with Crippen molar-refractivity contribution in [2.45, 2.75) is 50.8 Å². The molecule has 0 radical (unpaired) electrons. The van der Waals surface area contributed by atoms with E-state index in [1.165, 1.54) is 39.7 Å². The molecule has 0 bridgehead atoms. The van der Waals surface area contributed by atoms with E-state index in [9.17, 15) is 13.2 Å². The maximum absolute atomic E-state index is 15.7. The maximum atomic E-state index is 15.7. The normalized spacial score (nSPS) is 12.0. The number of carbonyl (C=O) groups is 1. The minimum Gasteiger partial charge on any atom is -0.497 e. The number of amides is 1. The fourth-order valence-corrected chi connectivity index (χ4v) is 10.4. The summed E-state index contributed by atoms with van der Waals surface area (Å²) in [5.41, 5.74) is 9.47. The van der Waals surface area contributed by atoms with Crippen molar-refractivity contribution in [1.29, 1.82) is 0 Å².